The van der Waals surface area contributed by atoms with E-state index in [2.05, 4.69) is 10.4 Å². The normalized spacial score (nSPS) is 12.0. The van der Waals surface area contributed by atoms with Crippen LogP contribution in [0, 0.1) is 12.7 Å². The summed E-state index contributed by atoms with van der Waals surface area (Å²) in [5.41, 5.74) is 3.76. The number of nitrogens with one attached hydrogen (secondary N) is 1. The van der Waals surface area contributed by atoms with Gasteiger partial charge in [-0.2, -0.15) is 0 Å². The molecule has 0 spiro atoms. The van der Waals surface area contributed by atoms with Crippen molar-refractivity contribution in [2.24, 2.45) is 5.84 Å². The number of hydrogen-bond acceptors (Lipinski definition) is 4. The highest BCUT2D eigenvalue weighted by atomic mass is 35.5. The molecular formula is C15H17ClFN3O. The number of hydrazine groups is 1. The maximum atomic E-state index is 13.8. The number of pyridine rings is 1. The lowest BCUT2D eigenvalue weighted by Gasteiger charge is -2.17. The van der Waals surface area contributed by atoms with Crippen LogP contribution in [0.25, 0.3) is 0 Å². The van der Waals surface area contributed by atoms with E-state index in [1.807, 2.05) is 13.8 Å². The highest BCUT2D eigenvalue weighted by Gasteiger charge is 2.16. The molecule has 1 unspecified atom stereocenters. The Labute approximate surface area is 128 Å². The van der Waals surface area contributed by atoms with Crippen molar-refractivity contribution in [3.05, 3.63) is 52.4 Å². The summed E-state index contributed by atoms with van der Waals surface area (Å²) in [5, 5.41) is 0.405. The summed E-state index contributed by atoms with van der Waals surface area (Å²) < 4.78 is 19.6. The number of benzene rings is 1. The van der Waals surface area contributed by atoms with E-state index in [-0.39, 0.29) is 11.7 Å². The van der Waals surface area contributed by atoms with Gasteiger partial charge in [0.1, 0.15) is 17.4 Å². The van der Waals surface area contributed by atoms with Crippen LogP contribution in [0.3, 0.4) is 0 Å². The van der Waals surface area contributed by atoms with Gasteiger partial charge in [-0.1, -0.05) is 24.6 Å². The molecule has 1 atom stereocenters. The molecule has 0 aliphatic heterocycles. The lowest BCUT2D eigenvalue weighted by atomic mass is 10.0. The predicted molar refractivity (Wildman–Crippen MR) is 82.1 cm³/mol. The summed E-state index contributed by atoms with van der Waals surface area (Å²) in [4.78, 5) is 4.07. The topological polar surface area (TPSA) is 60.2 Å². The second-order valence-electron chi connectivity index (χ2n) is 4.77. The van der Waals surface area contributed by atoms with Crippen LogP contribution >= 0.6 is 11.6 Å². The molecule has 1 heterocycles. The third-order valence-corrected chi connectivity index (χ3v) is 3.60. The molecule has 0 aliphatic carbocycles. The first kappa shape index (κ1) is 15.5. The van der Waals surface area contributed by atoms with Gasteiger partial charge >= 0.3 is 0 Å². The van der Waals surface area contributed by atoms with Crippen LogP contribution in [0.1, 0.15) is 24.0 Å². The van der Waals surface area contributed by atoms with E-state index in [1.165, 1.54) is 6.07 Å². The molecule has 4 nitrogen and oxygen atoms in total. The van der Waals surface area contributed by atoms with E-state index < -0.39 is 0 Å². The number of rotatable bonds is 5. The van der Waals surface area contributed by atoms with Crippen molar-refractivity contribution in [1.82, 2.24) is 4.98 Å². The quantitative estimate of drug-likeness (QED) is 0.654. The minimum Gasteiger partial charge on any atom is -0.492 e. The fourth-order valence-corrected chi connectivity index (χ4v) is 2.45. The molecule has 0 amide bonds. The fraction of sp³-hybridized carbons (Fsp3) is 0.267. The Morgan fingerprint density at radius 2 is 2.19 bits per heavy atom. The van der Waals surface area contributed by atoms with Crippen molar-refractivity contribution in [2.45, 2.75) is 19.8 Å². The molecule has 0 radical (unpaired) electrons. The summed E-state index contributed by atoms with van der Waals surface area (Å²) in [5.74, 6) is 6.06. The van der Waals surface area contributed by atoms with Gasteiger partial charge < -0.3 is 10.2 Å². The summed E-state index contributed by atoms with van der Waals surface area (Å²) in [6, 6.07) is 6.39. The Kier molecular flexibility index (Phi) is 4.98. The third-order valence-electron chi connectivity index (χ3n) is 3.27. The molecule has 0 fully saturated rings. The number of nitrogens with zero attached hydrogens (tertiary/aromatic N) is 1. The number of halogens is 2. The monoisotopic (exact) mass is 309 g/mol. The molecule has 1 aromatic heterocycles. The molecule has 6 heteroatoms. The summed E-state index contributed by atoms with van der Waals surface area (Å²) >= 11 is 6.05. The van der Waals surface area contributed by atoms with Crippen LogP contribution in [0.15, 0.2) is 30.5 Å². The molecule has 0 aliphatic rings. The minimum atomic E-state index is -0.325. The van der Waals surface area contributed by atoms with Gasteiger partial charge in [0.25, 0.3) is 0 Å². The number of hydrogen-bond donors (Lipinski definition) is 2. The fourth-order valence-electron chi connectivity index (χ4n) is 2.10. The molecule has 0 saturated carbocycles. The Balaban J connectivity index is 2.13. The van der Waals surface area contributed by atoms with Gasteiger partial charge in [-0.25, -0.2) is 15.2 Å². The van der Waals surface area contributed by atoms with Crippen molar-refractivity contribution < 1.29 is 9.13 Å². The SMILES string of the molecule is Cc1c(OCC(C)c2c(F)cccc2Cl)ccnc1NN. The van der Waals surface area contributed by atoms with E-state index in [0.29, 0.717) is 28.8 Å². The maximum absolute atomic E-state index is 13.8. The van der Waals surface area contributed by atoms with Crippen LogP contribution < -0.4 is 16.0 Å². The Morgan fingerprint density at radius 1 is 1.43 bits per heavy atom. The zero-order chi connectivity index (χ0) is 15.4. The van der Waals surface area contributed by atoms with E-state index >= 15 is 0 Å². The molecule has 0 bridgehead atoms. The summed E-state index contributed by atoms with van der Waals surface area (Å²) in [7, 11) is 0. The number of anilines is 1. The molecule has 3 N–H and O–H groups in total. The maximum Gasteiger partial charge on any atom is 0.146 e. The predicted octanol–water partition coefficient (Wildman–Crippen LogP) is 3.65. The zero-order valence-corrected chi connectivity index (χ0v) is 12.6. The van der Waals surface area contributed by atoms with Crippen LogP contribution in [0.2, 0.25) is 5.02 Å². The Hall–Kier alpha value is -1.85. The lowest BCUT2D eigenvalue weighted by Crippen LogP contribution is -2.13. The number of ether oxygens (including phenoxy) is 1. The van der Waals surface area contributed by atoms with E-state index in [9.17, 15) is 4.39 Å². The lowest BCUT2D eigenvalue weighted by molar-refractivity contribution is 0.291. The Morgan fingerprint density at radius 3 is 2.86 bits per heavy atom. The largest absolute Gasteiger partial charge is 0.492 e. The molecule has 112 valence electrons. The van der Waals surface area contributed by atoms with E-state index in [4.69, 9.17) is 22.2 Å². The Bertz CT molecular complexity index is 616. The summed E-state index contributed by atoms with van der Waals surface area (Å²) in [6.45, 7) is 4.01. The van der Waals surface area contributed by atoms with Gasteiger partial charge in [0, 0.05) is 28.3 Å². The third kappa shape index (κ3) is 3.43. The molecule has 0 saturated heterocycles. The summed E-state index contributed by atoms with van der Waals surface area (Å²) in [6.07, 6.45) is 1.60. The first-order valence-corrected chi connectivity index (χ1v) is 6.91. The van der Waals surface area contributed by atoms with Crippen molar-refractivity contribution in [2.75, 3.05) is 12.0 Å². The van der Waals surface area contributed by atoms with E-state index in [0.717, 1.165) is 5.56 Å². The van der Waals surface area contributed by atoms with Crippen molar-refractivity contribution in [3.63, 3.8) is 0 Å². The average molecular weight is 310 g/mol. The molecule has 1 aromatic carbocycles. The standard InChI is InChI=1S/C15H17ClFN3O/c1-9(14-11(16)4-3-5-12(14)17)8-21-13-6-7-19-15(20-18)10(13)2/h3-7,9H,8,18H2,1-2H3,(H,19,20). The van der Waals surface area contributed by atoms with Crippen LogP contribution in [-0.4, -0.2) is 11.6 Å². The number of aromatic nitrogens is 1. The van der Waals surface area contributed by atoms with Gasteiger partial charge in [-0.05, 0) is 25.1 Å². The molecule has 2 aromatic rings. The molecule has 21 heavy (non-hydrogen) atoms. The number of nitrogen functional groups attached to an aromatic ring is 1. The first-order chi connectivity index (χ1) is 10.0. The smallest absolute Gasteiger partial charge is 0.146 e. The second-order valence-corrected chi connectivity index (χ2v) is 5.18. The van der Waals surface area contributed by atoms with E-state index in [1.54, 1.807) is 24.4 Å². The van der Waals surface area contributed by atoms with Crippen molar-refractivity contribution in [3.8, 4) is 5.75 Å². The molecule has 2 rings (SSSR count). The average Bonchev–Trinajstić information content (AvgIpc) is 2.46. The van der Waals surface area contributed by atoms with Gasteiger partial charge in [-0.15, -0.1) is 0 Å². The first-order valence-electron chi connectivity index (χ1n) is 6.53. The van der Waals surface area contributed by atoms with Gasteiger partial charge in [-0.3, -0.25) is 0 Å². The van der Waals surface area contributed by atoms with Gasteiger partial charge in [0.2, 0.25) is 0 Å². The van der Waals surface area contributed by atoms with Gasteiger partial charge in [0.15, 0.2) is 0 Å². The second kappa shape index (κ2) is 6.74. The van der Waals surface area contributed by atoms with Gasteiger partial charge in [0.05, 0.1) is 6.61 Å². The van der Waals surface area contributed by atoms with Crippen LogP contribution in [-0.2, 0) is 0 Å². The number of nitrogens with two attached hydrogens (primary N) is 1. The highest BCUT2D eigenvalue weighted by molar-refractivity contribution is 6.31. The van der Waals surface area contributed by atoms with Crippen LogP contribution in [0.4, 0.5) is 10.2 Å². The van der Waals surface area contributed by atoms with Crippen molar-refractivity contribution in [1.29, 1.82) is 0 Å². The van der Waals surface area contributed by atoms with Crippen molar-refractivity contribution >= 4 is 17.4 Å². The highest BCUT2D eigenvalue weighted by Crippen LogP contribution is 2.29. The minimum absolute atomic E-state index is 0.180. The molecular weight excluding hydrogens is 293 g/mol. The zero-order valence-electron chi connectivity index (χ0n) is 11.9. The van der Waals surface area contributed by atoms with Crippen LogP contribution in [0.5, 0.6) is 5.75 Å².